The number of carbonyl (C=O) groups excluding carboxylic acids is 1. The van der Waals surface area contributed by atoms with E-state index in [-0.39, 0.29) is 30.6 Å². The van der Waals surface area contributed by atoms with E-state index in [2.05, 4.69) is 57.0 Å². The Bertz CT molecular complexity index is 1720. The third-order valence-corrected chi connectivity index (χ3v) is 9.00. The van der Waals surface area contributed by atoms with Crippen molar-refractivity contribution < 1.29 is 19.4 Å². The first-order chi connectivity index (χ1) is 22.0. The van der Waals surface area contributed by atoms with E-state index < -0.39 is 6.29 Å². The van der Waals surface area contributed by atoms with Crippen molar-refractivity contribution in [1.82, 2.24) is 30.5 Å². The number of nitrogens with one attached hydrogen (secondary N) is 1. The van der Waals surface area contributed by atoms with Crippen LogP contribution in [0.25, 0.3) is 11.1 Å². The molecule has 2 aromatic heterocycles. The molecule has 10 nitrogen and oxygen atoms in total. The number of nitrogens with zero attached hydrogens (tertiary/aromatic N) is 5. The first-order valence-electron chi connectivity index (χ1n) is 14.7. The van der Waals surface area contributed by atoms with Gasteiger partial charge in [-0.15, -0.1) is 5.10 Å². The average molecular weight is 623 g/mol. The first-order valence-corrected chi connectivity index (χ1v) is 15.7. The summed E-state index contributed by atoms with van der Waals surface area (Å²) in [5.41, 5.74) is 6.41. The fraction of sp³-hybridized carbons (Fsp3) is 0.265. The van der Waals surface area contributed by atoms with Gasteiger partial charge in [-0.3, -0.25) is 9.78 Å². The Morgan fingerprint density at radius 1 is 0.956 bits per heavy atom. The number of benzene rings is 3. The lowest BCUT2D eigenvalue weighted by molar-refractivity contribution is -0.268. The van der Waals surface area contributed by atoms with E-state index in [0.29, 0.717) is 17.9 Å². The van der Waals surface area contributed by atoms with Gasteiger partial charge in [0.2, 0.25) is 5.16 Å². The van der Waals surface area contributed by atoms with Crippen LogP contribution in [0.2, 0.25) is 0 Å². The van der Waals surface area contributed by atoms with Crippen molar-refractivity contribution in [3.63, 3.8) is 0 Å². The second kappa shape index (κ2) is 14.1. The molecule has 0 bridgehead atoms. The molecule has 0 spiro atoms. The number of pyridine rings is 1. The van der Waals surface area contributed by atoms with Gasteiger partial charge in [-0.1, -0.05) is 85.4 Å². The number of thioether (sulfide) groups is 1. The minimum absolute atomic E-state index is 0.00656. The number of hydrogen-bond acceptors (Lipinski definition) is 9. The van der Waals surface area contributed by atoms with Crippen molar-refractivity contribution in [3.8, 4) is 11.1 Å². The summed E-state index contributed by atoms with van der Waals surface area (Å²) >= 11 is 1.55. The number of aryl methyl sites for hydroxylation is 1. The minimum Gasteiger partial charge on any atom is -0.392 e. The molecule has 3 aromatic carbocycles. The van der Waals surface area contributed by atoms with Gasteiger partial charge in [-0.25, -0.2) is 4.68 Å². The summed E-state index contributed by atoms with van der Waals surface area (Å²) in [6, 6.07) is 27.7. The SMILES string of the molecule is CC1C(CSc2nnnn2C)OC(c2ccc(-c3cccc(CNC(=O)c4cccnc4)c3)cc2)OC1c1ccc(CO)cc1. The van der Waals surface area contributed by atoms with Crippen LogP contribution in [0.15, 0.2) is 102 Å². The van der Waals surface area contributed by atoms with Gasteiger partial charge in [0, 0.05) is 43.2 Å². The smallest absolute Gasteiger partial charge is 0.253 e. The van der Waals surface area contributed by atoms with Crippen LogP contribution < -0.4 is 5.32 Å². The normalized spacial score (nSPS) is 19.7. The van der Waals surface area contributed by atoms with Gasteiger partial charge in [-0.2, -0.15) is 0 Å². The lowest BCUT2D eigenvalue weighted by Gasteiger charge is -2.41. The van der Waals surface area contributed by atoms with E-state index in [1.54, 1.807) is 41.0 Å². The molecule has 2 N–H and O–H groups in total. The molecule has 5 aromatic rings. The molecule has 0 saturated carbocycles. The van der Waals surface area contributed by atoms with Crippen LogP contribution in [0.5, 0.6) is 0 Å². The summed E-state index contributed by atoms with van der Waals surface area (Å²) < 4.78 is 14.8. The summed E-state index contributed by atoms with van der Waals surface area (Å²) in [6.07, 6.45) is 2.28. The topological polar surface area (TPSA) is 124 Å². The Balaban J connectivity index is 1.18. The van der Waals surface area contributed by atoms with Gasteiger partial charge in [0.05, 0.1) is 24.4 Å². The second-order valence-electron chi connectivity index (χ2n) is 11.0. The molecule has 0 aliphatic carbocycles. The molecule has 4 unspecified atom stereocenters. The third-order valence-electron chi connectivity index (χ3n) is 7.90. The summed E-state index contributed by atoms with van der Waals surface area (Å²) in [5, 5.41) is 25.0. The standard InChI is InChI=1S/C34H34N6O4S/c1-22-30(21-45-34-37-38-39-40(34)2)43-33(44-31(22)26-10-8-23(20-41)9-11-26)27-14-12-25(13-15-27)28-6-3-5-24(17-28)18-36-32(42)29-7-4-16-35-19-29/h3-17,19,22,30-31,33,41H,18,20-21H2,1-2H3,(H,36,42). The number of carbonyl (C=O) groups is 1. The zero-order valence-electron chi connectivity index (χ0n) is 25.0. The molecule has 1 aliphatic heterocycles. The summed E-state index contributed by atoms with van der Waals surface area (Å²) in [7, 11) is 1.82. The molecule has 1 aliphatic rings. The summed E-state index contributed by atoms with van der Waals surface area (Å²) in [4.78, 5) is 16.5. The van der Waals surface area contributed by atoms with Crippen LogP contribution in [-0.2, 0) is 29.7 Å². The molecule has 1 saturated heterocycles. The maximum atomic E-state index is 12.5. The van der Waals surface area contributed by atoms with Crippen molar-refractivity contribution in [2.24, 2.45) is 13.0 Å². The van der Waals surface area contributed by atoms with Crippen LogP contribution in [0.3, 0.4) is 0 Å². The van der Waals surface area contributed by atoms with Crippen LogP contribution in [0, 0.1) is 5.92 Å². The average Bonchev–Trinajstić information content (AvgIpc) is 3.51. The van der Waals surface area contributed by atoms with E-state index in [9.17, 15) is 9.90 Å². The predicted molar refractivity (Wildman–Crippen MR) is 170 cm³/mol. The van der Waals surface area contributed by atoms with Crippen molar-refractivity contribution in [2.75, 3.05) is 5.75 Å². The molecular formula is C34H34N6O4S. The lowest BCUT2D eigenvalue weighted by Crippen LogP contribution is -2.38. The van der Waals surface area contributed by atoms with Gasteiger partial charge in [0.25, 0.3) is 5.91 Å². The van der Waals surface area contributed by atoms with Crippen LogP contribution in [0.1, 0.15) is 51.9 Å². The quantitative estimate of drug-likeness (QED) is 0.200. The van der Waals surface area contributed by atoms with Gasteiger partial charge < -0.3 is 19.9 Å². The molecule has 45 heavy (non-hydrogen) atoms. The van der Waals surface area contributed by atoms with E-state index in [4.69, 9.17) is 9.47 Å². The molecule has 230 valence electrons. The predicted octanol–water partition coefficient (Wildman–Crippen LogP) is 5.28. The Morgan fingerprint density at radius 2 is 1.76 bits per heavy atom. The molecule has 11 heteroatoms. The number of ether oxygens (including phenoxy) is 2. The number of amides is 1. The summed E-state index contributed by atoms with van der Waals surface area (Å²) in [6.45, 7) is 2.54. The van der Waals surface area contributed by atoms with Crippen LogP contribution in [-0.4, -0.2) is 48.1 Å². The number of rotatable bonds is 10. The zero-order valence-corrected chi connectivity index (χ0v) is 25.8. The van der Waals surface area contributed by atoms with Crippen molar-refractivity contribution >= 4 is 17.7 Å². The fourth-order valence-corrected chi connectivity index (χ4v) is 6.30. The Kier molecular flexibility index (Phi) is 9.61. The highest BCUT2D eigenvalue weighted by molar-refractivity contribution is 7.99. The van der Waals surface area contributed by atoms with Crippen molar-refractivity contribution in [1.29, 1.82) is 0 Å². The first kappa shape index (κ1) is 30.6. The highest BCUT2D eigenvalue weighted by atomic mass is 32.2. The Hall–Kier alpha value is -4.42. The van der Waals surface area contributed by atoms with Gasteiger partial charge in [-0.05, 0) is 56.4 Å². The highest BCUT2D eigenvalue weighted by Gasteiger charge is 2.38. The highest BCUT2D eigenvalue weighted by Crippen LogP contribution is 2.43. The summed E-state index contributed by atoms with van der Waals surface area (Å²) in [5.74, 6) is 0.547. The molecule has 4 atom stereocenters. The zero-order chi connectivity index (χ0) is 31.2. The second-order valence-corrected chi connectivity index (χ2v) is 12.0. The molecular weight excluding hydrogens is 588 g/mol. The largest absolute Gasteiger partial charge is 0.392 e. The third kappa shape index (κ3) is 7.29. The number of aliphatic hydroxyl groups is 1. The van der Waals surface area contributed by atoms with Crippen molar-refractivity contribution in [2.45, 2.75) is 43.7 Å². The molecule has 1 amide bonds. The van der Waals surface area contributed by atoms with Crippen molar-refractivity contribution in [3.05, 3.63) is 125 Å². The maximum absolute atomic E-state index is 12.5. The monoisotopic (exact) mass is 622 g/mol. The number of hydrogen-bond donors (Lipinski definition) is 2. The number of aliphatic hydroxyl groups excluding tert-OH is 1. The van der Waals surface area contributed by atoms with Crippen LogP contribution >= 0.6 is 11.8 Å². The Labute approximate surface area is 265 Å². The van der Waals surface area contributed by atoms with Gasteiger partial charge in [0.15, 0.2) is 6.29 Å². The number of tetrazole rings is 1. The number of aromatic nitrogens is 5. The van der Waals surface area contributed by atoms with E-state index in [1.165, 1.54) is 0 Å². The molecule has 6 rings (SSSR count). The fourth-order valence-electron chi connectivity index (χ4n) is 5.29. The van der Waals surface area contributed by atoms with Gasteiger partial charge >= 0.3 is 0 Å². The minimum atomic E-state index is -0.574. The maximum Gasteiger partial charge on any atom is 0.253 e. The molecule has 3 heterocycles. The Morgan fingerprint density at radius 3 is 2.47 bits per heavy atom. The molecule has 1 fully saturated rings. The van der Waals surface area contributed by atoms with E-state index >= 15 is 0 Å². The van der Waals surface area contributed by atoms with E-state index in [0.717, 1.165) is 38.5 Å². The van der Waals surface area contributed by atoms with Gasteiger partial charge in [0.1, 0.15) is 0 Å². The molecule has 0 radical (unpaired) electrons. The van der Waals surface area contributed by atoms with E-state index in [1.807, 2.05) is 55.6 Å². The van der Waals surface area contributed by atoms with Crippen LogP contribution in [0.4, 0.5) is 0 Å². The lowest BCUT2D eigenvalue weighted by atomic mass is 9.91.